The average Bonchev–Trinajstić information content (AvgIpc) is 2.02. The van der Waals surface area contributed by atoms with Crippen molar-refractivity contribution in [1.29, 1.82) is 0 Å². The molecule has 13 heavy (non-hydrogen) atoms. The Hall–Kier alpha value is 0.350. The molecule has 6 heteroatoms. The van der Waals surface area contributed by atoms with Gasteiger partial charge in [0, 0.05) is 55.7 Å². The number of hydrogen-bond donors (Lipinski definition) is 4. The van der Waals surface area contributed by atoms with Crippen molar-refractivity contribution in [2.45, 2.75) is 6.42 Å². The summed E-state index contributed by atoms with van der Waals surface area (Å²) in [6.07, 6.45) is 0.153. The van der Waals surface area contributed by atoms with E-state index >= 15 is 0 Å². The van der Waals surface area contributed by atoms with E-state index < -0.39 is 5.97 Å². The van der Waals surface area contributed by atoms with E-state index in [2.05, 4.69) is 10.6 Å². The van der Waals surface area contributed by atoms with Crippen LogP contribution in [0.2, 0.25) is 0 Å². The number of carboxylic acids is 1. The molecule has 4 N–H and O–H groups in total. The number of hydrogen-bond acceptors (Lipinski definition) is 4. The van der Waals surface area contributed by atoms with E-state index in [0.29, 0.717) is 13.1 Å². The van der Waals surface area contributed by atoms with Crippen LogP contribution in [0.25, 0.3) is 0 Å². The zero-order valence-corrected chi connectivity index (χ0v) is 10.0. The standard InChI is InChI=1S/C7H16N2O3.Na/c10-6-5-9-4-3-8-2-1-7(11)12;/h8-10H,1-6H2,(H,11,12);. The number of aliphatic hydroxyl groups excluding tert-OH is 1. The van der Waals surface area contributed by atoms with E-state index in [1.807, 2.05) is 0 Å². The van der Waals surface area contributed by atoms with Gasteiger partial charge in [-0.25, -0.2) is 0 Å². The summed E-state index contributed by atoms with van der Waals surface area (Å²) in [4.78, 5) is 10.0. The van der Waals surface area contributed by atoms with Gasteiger partial charge in [-0.2, -0.15) is 0 Å². The Morgan fingerprint density at radius 1 is 1.08 bits per heavy atom. The van der Waals surface area contributed by atoms with Crippen molar-refractivity contribution >= 4 is 35.5 Å². The molecule has 0 aromatic heterocycles. The van der Waals surface area contributed by atoms with Gasteiger partial charge < -0.3 is 20.8 Å². The van der Waals surface area contributed by atoms with Crippen LogP contribution >= 0.6 is 0 Å². The van der Waals surface area contributed by atoms with E-state index in [4.69, 9.17) is 10.2 Å². The predicted molar refractivity (Wildman–Crippen MR) is 50.8 cm³/mol. The van der Waals surface area contributed by atoms with Crippen molar-refractivity contribution in [3.05, 3.63) is 0 Å². The Balaban J connectivity index is 0. The van der Waals surface area contributed by atoms with Gasteiger partial charge in [-0.1, -0.05) is 0 Å². The smallest absolute Gasteiger partial charge is 0.304 e. The van der Waals surface area contributed by atoms with Crippen molar-refractivity contribution < 1.29 is 15.0 Å². The Morgan fingerprint density at radius 3 is 2.08 bits per heavy atom. The first-order chi connectivity index (χ1) is 5.77. The second kappa shape index (κ2) is 12.3. The van der Waals surface area contributed by atoms with Gasteiger partial charge in [0.05, 0.1) is 13.0 Å². The summed E-state index contributed by atoms with van der Waals surface area (Å²) in [7, 11) is 0. The Labute approximate surface area is 100 Å². The van der Waals surface area contributed by atoms with Crippen LogP contribution in [-0.2, 0) is 4.79 Å². The van der Waals surface area contributed by atoms with Crippen LogP contribution in [-0.4, -0.2) is 78.5 Å². The van der Waals surface area contributed by atoms with Crippen molar-refractivity contribution in [2.24, 2.45) is 0 Å². The molecule has 0 aliphatic heterocycles. The SMILES string of the molecule is O=C(O)CCNCCNCCO.[Na]. The van der Waals surface area contributed by atoms with E-state index in [9.17, 15) is 4.79 Å². The molecule has 0 rings (SSSR count). The van der Waals surface area contributed by atoms with Gasteiger partial charge >= 0.3 is 5.97 Å². The largest absolute Gasteiger partial charge is 0.481 e. The van der Waals surface area contributed by atoms with Crippen LogP contribution in [0.15, 0.2) is 0 Å². The minimum atomic E-state index is -0.786. The summed E-state index contributed by atoms with van der Waals surface area (Å²) in [6.45, 7) is 2.69. The molecule has 0 aliphatic rings. The van der Waals surface area contributed by atoms with Crippen LogP contribution in [0.3, 0.4) is 0 Å². The number of carboxylic acid groups (broad SMARTS) is 1. The van der Waals surface area contributed by atoms with Crippen LogP contribution in [0, 0.1) is 0 Å². The molecule has 0 atom stereocenters. The molecule has 0 aliphatic carbocycles. The Kier molecular flexibility index (Phi) is 15.0. The molecule has 0 saturated heterocycles. The maximum absolute atomic E-state index is 10.0. The molecule has 0 saturated carbocycles. The fourth-order valence-electron chi connectivity index (χ4n) is 0.701. The van der Waals surface area contributed by atoms with Crippen molar-refractivity contribution in [2.75, 3.05) is 32.8 Å². The molecule has 5 nitrogen and oxygen atoms in total. The van der Waals surface area contributed by atoms with Gasteiger partial charge in [0.2, 0.25) is 0 Å². The first-order valence-electron chi connectivity index (χ1n) is 4.01. The number of aliphatic hydroxyl groups is 1. The summed E-state index contributed by atoms with van der Waals surface area (Å²) in [5, 5.41) is 22.6. The number of aliphatic carboxylic acids is 1. The minimum Gasteiger partial charge on any atom is -0.481 e. The predicted octanol–water partition coefficient (Wildman–Crippen LogP) is -1.75. The van der Waals surface area contributed by atoms with Crippen molar-refractivity contribution in [3.63, 3.8) is 0 Å². The maximum Gasteiger partial charge on any atom is 0.304 e. The molecule has 0 unspecified atom stereocenters. The second-order valence-corrected chi connectivity index (χ2v) is 2.37. The summed E-state index contributed by atoms with van der Waals surface area (Å²) in [5.41, 5.74) is 0. The fraction of sp³-hybridized carbons (Fsp3) is 0.857. The molecule has 0 fully saturated rings. The van der Waals surface area contributed by atoms with E-state index in [-0.39, 0.29) is 42.6 Å². The van der Waals surface area contributed by atoms with Crippen LogP contribution in [0.1, 0.15) is 6.42 Å². The van der Waals surface area contributed by atoms with Gasteiger partial charge in [-0.15, -0.1) is 0 Å². The van der Waals surface area contributed by atoms with Gasteiger partial charge in [-0.3, -0.25) is 4.79 Å². The van der Waals surface area contributed by atoms with Crippen molar-refractivity contribution in [3.8, 4) is 0 Å². The third-order valence-electron chi connectivity index (χ3n) is 1.28. The molecule has 0 amide bonds. The molecule has 0 spiro atoms. The van der Waals surface area contributed by atoms with Gasteiger partial charge in [0.25, 0.3) is 0 Å². The first-order valence-corrected chi connectivity index (χ1v) is 4.01. The molecule has 0 bridgehead atoms. The Morgan fingerprint density at radius 2 is 1.62 bits per heavy atom. The fourth-order valence-corrected chi connectivity index (χ4v) is 0.701. The summed E-state index contributed by atoms with van der Waals surface area (Å²) in [5.74, 6) is -0.786. The maximum atomic E-state index is 10.0. The third kappa shape index (κ3) is 15.1. The monoisotopic (exact) mass is 199 g/mol. The van der Waals surface area contributed by atoms with Crippen LogP contribution < -0.4 is 10.6 Å². The summed E-state index contributed by atoms with van der Waals surface area (Å²) >= 11 is 0. The Bertz CT molecular complexity index is 124. The summed E-state index contributed by atoms with van der Waals surface area (Å²) < 4.78 is 0. The molecule has 0 heterocycles. The van der Waals surface area contributed by atoms with E-state index in [0.717, 1.165) is 13.1 Å². The van der Waals surface area contributed by atoms with Gasteiger partial charge in [0.1, 0.15) is 0 Å². The van der Waals surface area contributed by atoms with E-state index in [1.54, 1.807) is 0 Å². The molecule has 73 valence electrons. The third-order valence-corrected chi connectivity index (χ3v) is 1.28. The van der Waals surface area contributed by atoms with Gasteiger partial charge in [-0.05, 0) is 0 Å². The summed E-state index contributed by atoms with van der Waals surface area (Å²) in [6, 6.07) is 0. The first kappa shape index (κ1) is 15.8. The molecule has 0 aromatic rings. The van der Waals surface area contributed by atoms with Gasteiger partial charge in [0.15, 0.2) is 0 Å². The zero-order chi connectivity index (χ0) is 9.23. The molecular weight excluding hydrogens is 183 g/mol. The second-order valence-electron chi connectivity index (χ2n) is 2.37. The topological polar surface area (TPSA) is 81.6 Å². The molecule has 0 aromatic carbocycles. The zero-order valence-electron chi connectivity index (χ0n) is 8.05. The molecular formula is C7H16N2NaO3. The van der Waals surface area contributed by atoms with Crippen LogP contribution in [0.4, 0.5) is 0 Å². The number of nitrogens with one attached hydrogen (secondary N) is 2. The number of rotatable bonds is 8. The molecule has 1 radical (unpaired) electrons. The van der Waals surface area contributed by atoms with E-state index in [1.165, 1.54) is 0 Å². The van der Waals surface area contributed by atoms with Crippen LogP contribution in [0.5, 0.6) is 0 Å². The quantitative estimate of drug-likeness (QED) is 0.275. The number of carbonyl (C=O) groups is 1. The normalized spacial score (nSPS) is 9.31. The average molecular weight is 199 g/mol. The minimum absolute atomic E-state index is 0. The van der Waals surface area contributed by atoms with Crippen molar-refractivity contribution in [1.82, 2.24) is 10.6 Å².